The van der Waals surface area contributed by atoms with E-state index in [-0.39, 0.29) is 18.4 Å². The summed E-state index contributed by atoms with van der Waals surface area (Å²) in [7, 11) is 3.45. The van der Waals surface area contributed by atoms with Crippen LogP contribution in [0.4, 0.5) is 5.69 Å². The number of hydrogen-bond donors (Lipinski definition) is 2. The predicted molar refractivity (Wildman–Crippen MR) is 86.8 cm³/mol. The lowest BCUT2D eigenvalue weighted by Crippen LogP contribution is -2.42. The molecule has 2 rings (SSSR count). The van der Waals surface area contributed by atoms with Crippen molar-refractivity contribution >= 4 is 23.3 Å². The Kier molecular flexibility index (Phi) is 4.61. The Bertz CT molecular complexity index is 626. The van der Waals surface area contributed by atoms with E-state index in [0.29, 0.717) is 17.9 Å². The number of nitrogens with one attached hydrogen (secondary N) is 2. The molecule has 118 valence electrons. The summed E-state index contributed by atoms with van der Waals surface area (Å²) in [6.07, 6.45) is 0.314. The minimum atomic E-state index is -0.600. The molecule has 0 fully saturated rings. The van der Waals surface area contributed by atoms with Gasteiger partial charge in [0.05, 0.1) is 18.5 Å². The van der Waals surface area contributed by atoms with E-state index in [2.05, 4.69) is 15.6 Å². The summed E-state index contributed by atoms with van der Waals surface area (Å²) in [4.78, 5) is 30.0. The molecule has 0 radical (unpaired) electrons. The number of anilines is 1. The second-order valence-corrected chi connectivity index (χ2v) is 5.72. The molecule has 2 amide bonds. The molecule has 0 saturated heterocycles. The maximum Gasteiger partial charge on any atom is 0.238 e. The Balaban J connectivity index is 2.29. The van der Waals surface area contributed by atoms with Gasteiger partial charge in [0.25, 0.3) is 0 Å². The Morgan fingerprint density at radius 3 is 2.82 bits per heavy atom. The molecular formula is C16H22N4O2. The SMILES string of the molecule is CNCC(=O)Nc1cccc(C2(C)CC(=O)N(C)C(C)=N2)c1. The normalized spacial score (nSPS) is 21.5. The van der Waals surface area contributed by atoms with E-state index in [4.69, 9.17) is 0 Å². The van der Waals surface area contributed by atoms with Gasteiger partial charge in [0.15, 0.2) is 0 Å². The molecule has 1 aliphatic rings. The molecule has 6 nitrogen and oxygen atoms in total. The predicted octanol–water partition coefficient (Wildman–Crippen LogP) is 1.34. The van der Waals surface area contributed by atoms with Gasteiger partial charge in [0.1, 0.15) is 5.84 Å². The van der Waals surface area contributed by atoms with Crippen LogP contribution in [0.5, 0.6) is 0 Å². The highest BCUT2D eigenvalue weighted by molar-refractivity contribution is 5.99. The number of carbonyl (C=O) groups excluding carboxylic acids is 2. The quantitative estimate of drug-likeness (QED) is 0.881. The number of carbonyl (C=O) groups is 2. The highest BCUT2D eigenvalue weighted by atomic mass is 16.2. The van der Waals surface area contributed by atoms with Crippen molar-refractivity contribution in [1.82, 2.24) is 10.2 Å². The molecule has 1 aromatic carbocycles. The van der Waals surface area contributed by atoms with Crippen molar-refractivity contribution in [2.45, 2.75) is 25.8 Å². The molecule has 0 saturated carbocycles. The van der Waals surface area contributed by atoms with Crippen LogP contribution in [0.25, 0.3) is 0 Å². The van der Waals surface area contributed by atoms with Crippen molar-refractivity contribution in [3.05, 3.63) is 29.8 Å². The van der Waals surface area contributed by atoms with Gasteiger partial charge in [-0.25, -0.2) is 0 Å². The van der Waals surface area contributed by atoms with Gasteiger partial charge in [-0.2, -0.15) is 0 Å². The largest absolute Gasteiger partial charge is 0.325 e. The Morgan fingerprint density at radius 1 is 1.45 bits per heavy atom. The zero-order valence-corrected chi connectivity index (χ0v) is 13.4. The molecule has 2 N–H and O–H groups in total. The number of amidine groups is 1. The van der Waals surface area contributed by atoms with Crippen LogP contribution in [0.15, 0.2) is 29.3 Å². The van der Waals surface area contributed by atoms with Crippen LogP contribution in [0.3, 0.4) is 0 Å². The Labute approximate surface area is 130 Å². The molecule has 1 heterocycles. The molecule has 0 spiro atoms. The lowest BCUT2D eigenvalue weighted by molar-refractivity contribution is -0.128. The minimum absolute atomic E-state index is 0.0413. The summed E-state index contributed by atoms with van der Waals surface area (Å²) in [5, 5.41) is 5.63. The molecule has 0 bridgehead atoms. The van der Waals surface area contributed by atoms with Gasteiger partial charge in [-0.15, -0.1) is 0 Å². The fourth-order valence-electron chi connectivity index (χ4n) is 2.53. The highest BCUT2D eigenvalue weighted by Gasteiger charge is 2.35. The molecule has 0 aliphatic carbocycles. The van der Waals surface area contributed by atoms with Crippen LogP contribution in [-0.2, 0) is 15.1 Å². The van der Waals surface area contributed by atoms with Crippen LogP contribution >= 0.6 is 0 Å². The van der Waals surface area contributed by atoms with E-state index >= 15 is 0 Å². The molecule has 1 unspecified atom stereocenters. The third-order valence-electron chi connectivity index (χ3n) is 3.87. The van der Waals surface area contributed by atoms with Crippen LogP contribution in [0.2, 0.25) is 0 Å². The third-order valence-corrected chi connectivity index (χ3v) is 3.87. The van der Waals surface area contributed by atoms with E-state index in [1.807, 2.05) is 38.1 Å². The number of aliphatic imine (C=N–C) groups is 1. The third kappa shape index (κ3) is 3.33. The fourth-order valence-corrected chi connectivity index (χ4v) is 2.53. The topological polar surface area (TPSA) is 73.8 Å². The summed E-state index contributed by atoms with van der Waals surface area (Å²) in [6, 6.07) is 7.50. The smallest absolute Gasteiger partial charge is 0.238 e. The maximum absolute atomic E-state index is 12.1. The van der Waals surface area contributed by atoms with Crippen molar-refractivity contribution < 1.29 is 9.59 Å². The lowest BCUT2D eigenvalue weighted by Gasteiger charge is -2.34. The number of hydrogen-bond acceptors (Lipinski definition) is 4. The number of likely N-dealkylation sites (N-methyl/N-ethyl adjacent to an activating group) is 1. The summed E-state index contributed by atoms with van der Waals surface area (Å²) in [6.45, 7) is 4.02. The van der Waals surface area contributed by atoms with Crippen molar-refractivity contribution in [1.29, 1.82) is 0 Å². The number of amides is 2. The van der Waals surface area contributed by atoms with Crippen LogP contribution in [-0.4, -0.2) is 43.2 Å². The molecule has 22 heavy (non-hydrogen) atoms. The minimum Gasteiger partial charge on any atom is -0.325 e. The van der Waals surface area contributed by atoms with E-state index in [0.717, 1.165) is 5.56 Å². The summed E-state index contributed by atoms with van der Waals surface area (Å²) >= 11 is 0. The average Bonchev–Trinajstić information content (AvgIpc) is 2.45. The molecule has 6 heteroatoms. The van der Waals surface area contributed by atoms with Crippen molar-refractivity contribution in [2.75, 3.05) is 26.0 Å². The van der Waals surface area contributed by atoms with Gasteiger partial charge in [0, 0.05) is 12.7 Å². The molecule has 1 aliphatic heterocycles. The van der Waals surface area contributed by atoms with E-state index in [1.165, 1.54) is 0 Å². The lowest BCUT2D eigenvalue weighted by atomic mass is 9.87. The second kappa shape index (κ2) is 6.27. The summed E-state index contributed by atoms with van der Waals surface area (Å²) in [5.74, 6) is 0.631. The highest BCUT2D eigenvalue weighted by Crippen LogP contribution is 2.34. The first-order chi connectivity index (χ1) is 10.4. The second-order valence-electron chi connectivity index (χ2n) is 5.72. The fraction of sp³-hybridized carbons (Fsp3) is 0.438. The molecule has 1 atom stereocenters. The number of nitrogens with zero attached hydrogens (tertiary/aromatic N) is 2. The van der Waals surface area contributed by atoms with Gasteiger partial charge in [-0.3, -0.25) is 14.6 Å². The van der Waals surface area contributed by atoms with Crippen molar-refractivity contribution in [3.8, 4) is 0 Å². The Hall–Kier alpha value is -2.21. The van der Waals surface area contributed by atoms with Gasteiger partial charge in [0.2, 0.25) is 11.8 Å². The van der Waals surface area contributed by atoms with E-state index < -0.39 is 5.54 Å². The zero-order valence-electron chi connectivity index (χ0n) is 13.4. The zero-order chi connectivity index (χ0) is 16.3. The van der Waals surface area contributed by atoms with Gasteiger partial charge in [-0.1, -0.05) is 12.1 Å². The first-order valence-electron chi connectivity index (χ1n) is 7.24. The van der Waals surface area contributed by atoms with Crippen LogP contribution in [0, 0.1) is 0 Å². The monoisotopic (exact) mass is 302 g/mol. The first-order valence-corrected chi connectivity index (χ1v) is 7.24. The van der Waals surface area contributed by atoms with Crippen molar-refractivity contribution in [2.24, 2.45) is 4.99 Å². The van der Waals surface area contributed by atoms with Crippen molar-refractivity contribution in [3.63, 3.8) is 0 Å². The number of rotatable bonds is 4. The first kappa shape index (κ1) is 16.2. The van der Waals surface area contributed by atoms with Crippen LogP contribution in [0.1, 0.15) is 25.8 Å². The maximum atomic E-state index is 12.1. The van der Waals surface area contributed by atoms with E-state index in [1.54, 1.807) is 19.0 Å². The molecular weight excluding hydrogens is 280 g/mol. The summed E-state index contributed by atoms with van der Waals surface area (Å²) in [5.41, 5.74) is 1.02. The van der Waals surface area contributed by atoms with Crippen LogP contribution < -0.4 is 10.6 Å². The Morgan fingerprint density at radius 2 is 2.18 bits per heavy atom. The standard InChI is InChI=1S/C16H22N4O2/c1-11-19-16(2,9-15(22)20(11)4)12-6-5-7-13(8-12)18-14(21)10-17-3/h5-8,17H,9-10H2,1-4H3,(H,18,21). The number of benzene rings is 1. The summed E-state index contributed by atoms with van der Waals surface area (Å²) < 4.78 is 0. The van der Waals surface area contributed by atoms with Gasteiger partial charge in [-0.05, 0) is 38.6 Å². The average molecular weight is 302 g/mol. The molecule has 1 aromatic rings. The van der Waals surface area contributed by atoms with Gasteiger partial charge < -0.3 is 15.5 Å². The molecule has 0 aromatic heterocycles. The van der Waals surface area contributed by atoms with E-state index in [9.17, 15) is 9.59 Å². The van der Waals surface area contributed by atoms with Gasteiger partial charge >= 0.3 is 0 Å².